The number of carbonyl (C=O) groups excluding carboxylic acids is 2. The molecule has 1 amide bonds. The van der Waals surface area contributed by atoms with Crippen molar-refractivity contribution in [3.05, 3.63) is 29.8 Å². The number of nitrogens with two attached hydrogens (primary N) is 1. The van der Waals surface area contributed by atoms with E-state index in [1.807, 2.05) is 0 Å². The highest BCUT2D eigenvalue weighted by atomic mass is 16.5. The lowest BCUT2D eigenvalue weighted by Gasteiger charge is -2.22. The first-order chi connectivity index (χ1) is 10.5. The van der Waals surface area contributed by atoms with E-state index in [2.05, 4.69) is 5.32 Å². The number of amides is 1. The molecule has 1 aliphatic rings. The molecular weight excluding hydrogens is 280 g/mol. The van der Waals surface area contributed by atoms with Crippen molar-refractivity contribution < 1.29 is 14.3 Å². The van der Waals surface area contributed by atoms with Crippen molar-refractivity contribution in [1.82, 2.24) is 5.32 Å². The third-order valence-corrected chi connectivity index (χ3v) is 4.21. The molecule has 1 aromatic rings. The molecule has 1 aliphatic carbocycles. The lowest BCUT2D eigenvalue weighted by molar-refractivity contribution is -0.128. The number of benzene rings is 1. The molecule has 0 aromatic heterocycles. The van der Waals surface area contributed by atoms with Crippen molar-refractivity contribution in [3.63, 3.8) is 0 Å². The highest BCUT2D eigenvalue weighted by Crippen LogP contribution is 2.24. The highest BCUT2D eigenvalue weighted by Gasteiger charge is 2.29. The Kier molecular flexibility index (Phi) is 5.55. The van der Waals surface area contributed by atoms with E-state index in [4.69, 9.17) is 10.5 Å². The van der Waals surface area contributed by atoms with Crippen molar-refractivity contribution in [1.29, 1.82) is 0 Å². The van der Waals surface area contributed by atoms with Crippen LogP contribution in [0.15, 0.2) is 24.3 Å². The number of rotatable bonds is 6. The molecule has 0 radical (unpaired) electrons. The van der Waals surface area contributed by atoms with Crippen LogP contribution in [0.1, 0.15) is 43.5 Å². The fourth-order valence-corrected chi connectivity index (χ4v) is 2.86. The molecule has 0 saturated heterocycles. The van der Waals surface area contributed by atoms with Crippen LogP contribution in [0, 0.1) is 5.92 Å². The van der Waals surface area contributed by atoms with Crippen molar-refractivity contribution >= 4 is 11.7 Å². The van der Waals surface area contributed by atoms with Gasteiger partial charge in [0.15, 0.2) is 11.9 Å². The lowest BCUT2D eigenvalue weighted by atomic mass is 10.0. The van der Waals surface area contributed by atoms with E-state index in [0.717, 1.165) is 19.3 Å². The largest absolute Gasteiger partial charge is 0.481 e. The van der Waals surface area contributed by atoms with Gasteiger partial charge in [0.1, 0.15) is 5.75 Å². The van der Waals surface area contributed by atoms with E-state index < -0.39 is 6.10 Å². The summed E-state index contributed by atoms with van der Waals surface area (Å²) in [6.45, 7) is 3.81. The van der Waals surface area contributed by atoms with E-state index >= 15 is 0 Å². The summed E-state index contributed by atoms with van der Waals surface area (Å²) in [7, 11) is 0. The number of carbonyl (C=O) groups is 2. The van der Waals surface area contributed by atoms with Crippen LogP contribution < -0.4 is 15.8 Å². The average Bonchev–Trinajstić information content (AvgIpc) is 2.94. The van der Waals surface area contributed by atoms with Gasteiger partial charge in [0, 0.05) is 11.6 Å². The minimum atomic E-state index is -0.610. The van der Waals surface area contributed by atoms with E-state index in [-0.39, 0.29) is 17.7 Å². The molecule has 0 heterocycles. The second kappa shape index (κ2) is 7.40. The van der Waals surface area contributed by atoms with E-state index in [1.165, 1.54) is 6.92 Å². The third kappa shape index (κ3) is 4.07. The van der Waals surface area contributed by atoms with Crippen LogP contribution in [-0.4, -0.2) is 30.4 Å². The van der Waals surface area contributed by atoms with Crippen LogP contribution in [0.2, 0.25) is 0 Å². The number of ether oxygens (including phenoxy) is 1. The fourth-order valence-electron chi connectivity index (χ4n) is 2.86. The monoisotopic (exact) mass is 304 g/mol. The van der Waals surface area contributed by atoms with Gasteiger partial charge in [-0.05, 0) is 51.3 Å². The predicted molar refractivity (Wildman–Crippen MR) is 84.9 cm³/mol. The quantitative estimate of drug-likeness (QED) is 0.787. The zero-order valence-electron chi connectivity index (χ0n) is 13.2. The van der Waals surface area contributed by atoms with Gasteiger partial charge in [-0.15, -0.1) is 0 Å². The van der Waals surface area contributed by atoms with Crippen molar-refractivity contribution in [2.24, 2.45) is 11.7 Å². The Hall–Kier alpha value is -1.88. The van der Waals surface area contributed by atoms with Gasteiger partial charge in [-0.3, -0.25) is 9.59 Å². The van der Waals surface area contributed by atoms with E-state index in [1.54, 1.807) is 31.2 Å². The highest BCUT2D eigenvalue weighted by molar-refractivity contribution is 5.94. The first kappa shape index (κ1) is 16.5. The molecule has 2 rings (SSSR count). The van der Waals surface area contributed by atoms with Crippen LogP contribution in [0.25, 0.3) is 0 Å². The summed E-state index contributed by atoms with van der Waals surface area (Å²) in [5.74, 6) is 0.715. The third-order valence-electron chi connectivity index (χ3n) is 4.21. The summed E-state index contributed by atoms with van der Waals surface area (Å²) in [6, 6.07) is 7.02. The summed E-state index contributed by atoms with van der Waals surface area (Å²) >= 11 is 0. The minimum Gasteiger partial charge on any atom is -0.481 e. The minimum absolute atomic E-state index is 0.0284. The summed E-state index contributed by atoms with van der Waals surface area (Å²) < 4.78 is 5.65. The summed E-state index contributed by atoms with van der Waals surface area (Å²) in [5.41, 5.74) is 6.30. The normalized spacial score (nSPS) is 22.1. The lowest BCUT2D eigenvalue weighted by Crippen LogP contribution is -2.45. The molecule has 1 fully saturated rings. The van der Waals surface area contributed by atoms with Gasteiger partial charge in [-0.2, -0.15) is 0 Å². The molecule has 0 spiro atoms. The molecule has 0 aliphatic heterocycles. The molecule has 3 atom stereocenters. The Morgan fingerprint density at radius 1 is 1.41 bits per heavy atom. The van der Waals surface area contributed by atoms with Crippen molar-refractivity contribution in [3.8, 4) is 5.75 Å². The Morgan fingerprint density at radius 2 is 2.18 bits per heavy atom. The van der Waals surface area contributed by atoms with Crippen LogP contribution >= 0.6 is 0 Å². The zero-order valence-corrected chi connectivity index (χ0v) is 13.2. The molecule has 3 N–H and O–H groups in total. The smallest absolute Gasteiger partial charge is 0.261 e. The van der Waals surface area contributed by atoms with Gasteiger partial charge in [0.25, 0.3) is 5.91 Å². The Morgan fingerprint density at radius 3 is 2.86 bits per heavy atom. The molecule has 0 bridgehead atoms. The zero-order chi connectivity index (χ0) is 16.1. The number of Topliss-reactive ketones (excluding diaryl/α,β-unsaturated/α-hetero) is 1. The van der Waals surface area contributed by atoms with E-state index in [0.29, 0.717) is 23.8 Å². The van der Waals surface area contributed by atoms with Gasteiger partial charge in [0.05, 0.1) is 0 Å². The molecule has 120 valence electrons. The summed E-state index contributed by atoms with van der Waals surface area (Å²) in [5, 5.41) is 3.03. The maximum atomic E-state index is 12.2. The number of ketones is 1. The maximum Gasteiger partial charge on any atom is 0.261 e. The van der Waals surface area contributed by atoms with Gasteiger partial charge < -0.3 is 15.8 Å². The Bertz CT molecular complexity index is 544. The van der Waals surface area contributed by atoms with Crippen LogP contribution in [-0.2, 0) is 4.79 Å². The molecule has 5 nitrogen and oxygen atoms in total. The van der Waals surface area contributed by atoms with Gasteiger partial charge in [0.2, 0.25) is 0 Å². The average molecular weight is 304 g/mol. The Balaban J connectivity index is 1.93. The van der Waals surface area contributed by atoms with Crippen LogP contribution in [0.4, 0.5) is 0 Å². The standard InChI is InChI=1S/C17H24N2O3/c1-11(20)13-5-3-7-15(9-13)22-12(2)17(21)19-16-8-4-6-14(16)10-18/h3,5,7,9,12,14,16H,4,6,8,10,18H2,1-2H3,(H,19,21). The van der Waals surface area contributed by atoms with Crippen molar-refractivity contribution in [2.75, 3.05) is 6.54 Å². The van der Waals surface area contributed by atoms with Gasteiger partial charge >= 0.3 is 0 Å². The SMILES string of the molecule is CC(=O)c1cccc(OC(C)C(=O)NC2CCCC2CN)c1. The summed E-state index contributed by atoms with van der Waals surface area (Å²) in [4.78, 5) is 23.6. The topological polar surface area (TPSA) is 81.4 Å². The predicted octanol–water partition coefficient (Wildman–Crippen LogP) is 1.90. The number of hydrogen-bond donors (Lipinski definition) is 2. The Labute approximate surface area is 131 Å². The van der Waals surface area contributed by atoms with Crippen molar-refractivity contribution in [2.45, 2.75) is 45.3 Å². The second-order valence-corrected chi connectivity index (χ2v) is 5.89. The summed E-state index contributed by atoms with van der Waals surface area (Å²) in [6.07, 6.45) is 2.53. The number of hydrogen-bond acceptors (Lipinski definition) is 4. The molecule has 1 aromatic carbocycles. The van der Waals surface area contributed by atoms with E-state index in [9.17, 15) is 9.59 Å². The molecule has 22 heavy (non-hydrogen) atoms. The number of nitrogens with one attached hydrogen (secondary N) is 1. The van der Waals surface area contributed by atoms with Crippen LogP contribution in [0.5, 0.6) is 5.75 Å². The molecule has 1 saturated carbocycles. The second-order valence-electron chi connectivity index (χ2n) is 5.89. The molecule has 5 heteroatoms. The molecule has 3 unspecified atom stereocenters. The van der Waals surface area contributed by atoms with Gasteiger partial charge in [-0.1, -0.05) is 18.6 Å². The first-order valence-electron chi connectivity index (χ1n) is 7.79. The first-order valence-corrected chi connectivity index (χ1v) is 7.79. The maximum absolute atomic E-state index is 12.2. The van der Waals surface area contributed by atoms with Crippen LogP contribution in [0.3, 0.4) is 0 Å². The molecular formula is C17H24N2O3. The fraction of sp³-hybridized carbons (Fsp3) is 0.529. The van der Waals surface area contributed by atoms with Gasteiger partial charge in [-0.25, -0.2) is 0 Å².